The molecule has 2 atom stereocenters. The lowest BCUT2D eigenvalue weighted by atomic mass is 9.92. The molecule has 0 bridgehead atoms. The summed E-state index contributed by atoms with van der Waals surface area (Å²) in [5, 5.41) is 11.3. The van der Waals surface area contributed by atoms with Crippen LogP contribution in [0.1, 0.15) is 136 Å². The molecule has 2 saturated heterocycles. The van der Waals surface area contributed by atoms with Crippen molar-refractivity contribution in [1.29, 1.82) is 0 Å². The van der Waals surface area contributed by atoms with Crippen LogP contribution in [-0.2, 0) is 19.1 Å². The summed E-state index contributed by atoms with van der Waals surface area (Å²) in [6, 6.07) is 16.4. The summed E-state index contributed by atoms with van der Waals surface area (Å²) in [5.41, 5.74) is 9.93. The van der Waals surface area contributed by atoms with Crippen molar-refractivity contribution in [3.63, 3.8) is 0 Å². The fourth-order valence-corrected chi connectivity index (χ4v) is 11.4. The predicted octanol–water partition coefficient (Wildman–Crippen LogP) is 11.0. The van der Waals surface area contributed by atoms with E-state index in [9.17, 15) is 18.4 Å². The normalized spacial score (nSPS) is 23.1. The SMILES string of the molecule is COC1CCC(n2c([C@@H]3CCC(=O)N3)nc3cc(-c4c(C)noc4C)ccc32)CC1.COC1CCC(n2c([C@@H]3CCC(=O)N3c3ccc(F)c(F)c3)nc3cc(-c4c(C)noc4C)ccc32)CC1. The molecule has 14 nitrogen and oxygen atoms in total. The van der Waals surface area contributed by atoms with Gasteiger partial charge in [-0.25, -0.2) is 18.7 Å². The summed E-state index contributed by atoms with van der Waals surface area (Å²) in [6.07, 6.45) is 10.7. The monoisotopic (exact) mass is 928 g/mol. The summed E-state index contributed by atoms with van der Waals surface area (Å²) in [7, 11) is 3.55. The van der Waals surface area contributed by atoms with E-state index in [0.717, 1.165) is 149 Å². The van der Waals surface area contributed by atoms with Gasteiger partial charge in [-0.15, -0.1) is 0 Å². The van der Waals surface area contributed by atoms with Gasteiger partial charge in [0.1, 0.15) is 23.2 Å². The van der Waals surface area contributed by atoms with E-state index in [2.05, 4.69) is 55.1 Å². The second-order valence-corrected chi connectivity index (χ2v) is 18.9. The molecule has 2 saturated carbocycles. The van der Waals surface area contributed by atoms with E-state index in [1.54, 1.807) is 19.1 Å². The Kier molecular flexibility index (Phi) is 12.5. The van der Waals surface area contributed by atoms with Gasteiger partial charge in [0.15, 0.2) is 11.6 Å². The first-order chi connectivity index (χ1) is 32.9. The van der Waals surface area contributed by atoms with Crippen molar-refractivity contribution in [3.05, 3.63) is 101 Å². The minimum atomic E-state index is -0.976. The Bertz CT molecular complexity index is 2970. The van der Waals surface area contributed by atoms with Crippen molar-refractivity contribution in [2.45, 2.75) is 141 Å². The Morgan fingerprint density at radius 1 is 0.618 bits per heavy atom. The van der Waals surface area contributed by atoms with E-state index in [1.807, 2.05) is 33.8 Å². The maximum Gasteiger partial charge on any atom is 0.227 e. The predicted molar refractivity (Wildman–Crippen MR) is 252 cm³/mol. The van der Waals surface area contributed by atoms with Gasteiger partial charge in [0.2, 0.25) is 11.8 Å². The smallest absolute Gasteiger partial charge is 0.227 e. The zero-order chi connectivity index (χ0) is 47.4. The first-order valence-corrected chi connectivity index (χ1v) is 23.9. The Labute approximate surface area is 393 Å². The molecule has 4 aliphatic rings. The number of carbonyl (C=O) groups excluding carboxylic acids is 2. The number of imidazole rings is 2. The number of carbonyl (C=O) groups is 2. The average molecular weight is 929 g/mol. The van der Waals surface area contributed by atoms with E-state index < -0.39 is 11.6 Å². The highest BCUT2D eigenvalue weighted by Crippen LogP contribution is 2.44. The van der Waals surface area contributed by atoms with Crippen LogP contribution in [-0.4, -0.2) is 67.7 Å². The number of hydrogen-bond donors (Lipinski definition) is 1. The molecule has 4 aromatic heterocycles. The Hall–Kier alpha value is -6.26. The minimum absolute atomic E-state index is 0.0208. The van der Waals surface area contributed by atoms with Crippen molar-refractivity contribution in [2.75, 3.05) is 19.1 Å². The third-order valence-electron chi connectivity index (χ3n) is 14.8. The standard InChI is InChI=1S/C29H30F2N4O3.C23H28N4O3/c1-16-28(17(2)38-33-16)18-4-11-25-24(14-18)32-29(35(25)19-5-8-21(37-3)9-6-19)26-12-13-27(36)34(26)20-7-10-22(30)23(31)15-20;1-13-22(14(2)30-26-13)15-4-10-20-19(12-15)25-23(18-9-11-21(28)24-18)27(20)16-5-7-17(29-3)8-6-16/h4,7,10-11,14-15,19,21,26H,5-6,8-9,12-13H2,1-3H3;4,10,12,16-18H,5-9,11H2,1-3H3,(H,24,28)/t19?,21?,26-;16?,17?,18-/m00/s1. The van der Waals surface area contributed by atoms with E-state index in [0.29, 0.717) is 37.1 Å². The number of aromatic nitrogens is 6. The Morgan fingerprint density at radius 3 is 1.62 bits per heavy atom. The molecule has 68 heavy (non-hydrogen) atoms. The van der Waals surface area contributed by atoms with Crippen LogP contribution in [0, 0.1) is 39.3 Å². The molecular weight excluding hydrogens is 871 g/mol. The first-order valence-electron chi connectivity index (χ1n) is 23.9. The number of fused-ring (bicyclic) bond motifs is 2. The van der Waals surface area contributed by atoms with Crippen LogP contribution in [0.4, 0.5) is 14.5 Å². The van der Waals surface area contributed by atoms with Gasteiger partial charge in [0, 0.05) is 62.0 Å². The van der Waals surface area contributed by atoms with Gasteiger partial charge in [-0.2, -0.15) is 0 Å². The van der Waals surface area contributed by atoms with E-state index >= 15 is 0 Å². The fourth-order valence-electron chi connectivity index (χ4n) is 11.4. The highest BCUT2D eigenvalue weighted by atomic mass is 19.2. The molecule has 4 fully saturated rings. The summed E-state index contributed by atoms with van der Waals surface area (Å²) in [5.74, 6) is 1.37. The molecule has 2 amide bonds. The number of methoxy groups -OCH3 is 2. The van der Waals surface area contributed by atoms with Crippen LogP contribution in [0.15, 0.2) is 63.6 Å². The summed E-state index contributed by atoms with van der Waals surface area (Å²) >= 11 is 0. The van der Waals surface area contributed by atoms with Crippen LogP contribution in [0.25, 0.3) is 44.3 Å². The zero-order valence-corrected chi connectivity index (χ0v) is 39.5. The minimum Gasteiger partial charge on any atom is -0.381 e. The molecule has 0 unspecified atom stereocenters. The number of rotatable bonds is 9. The molecule has 1 N–H and O–H groups in total. The second-order valence-electron chi connectivity index (χ2n) is 18.9. The number of nitrogens with zero attached hydrogens (tertiary/aromatic N) is 7. The van der Waals surface area contributed by atoms with Gasteiger partial charge in [-0.3, -0.25) is 9.59 Å². The lowest BCUT2D eigenvalue weighted by Gasteiger charge is -2.32. The number of ether oxygens (including phenoxy) is 2. The van der Waals surface area contributed by atoms with Crippen LogP contribution in [0.5, 0.6) is 0 Å². The molecule has 3 aromatic carbocycles. The molecule has 16 heteroatoms. The van der Waals surface area contributed by atoms with Crippen molar-refractivity contribution in [1.82, 2.24) is 34.7 Å². The molecule has 0 radical (unpaired) electrons. The number of aryl methyl sites for hydroxylation is 4. The fraction of sp³-hybridized carbons (Fsp3) is 0.462. The van der Waals surface area contributed by atoms with Gasteiger partial charge in [0.25, 0.3) is 0 Å². The Balaban J connectivity index is 0.000000163. The van der Waals surface area contributed by atoms with Crippen LogP contribution < -0.4 is 10.2 Å². The molecule has 2 aliphatic heterocycles. The van der Waals surface area contributed by atoms with Crippen LogP contribution >= 0.6 is 0 Å². The third kappa shape index (κ3) is 8.39. The lowest BCUT2D eigenvalue weighted by molar-refractivity contribution is -0.119. The highest BCUT2D eigenvalue weighted by molar-refractivity contribution is 5.96. The van der Waals surface area contributed by atoms with Crippen molar-refractivity contribution in [2.24, 2.45) is 0 Å². The van der Waals surface area contributed by atoms with Crippen LogP contribution in [0.3, 0.4) is 0 Å². The van der Waals surface area contributed by atoms with E-state index in [-0.39, 0.29) is 36.0 Å². The molecular formula is C52H58F2N8O6. The molecule has 6 heterocycles. The second kappa shape index (κ2) is 18.7. The maximum absolute atomic E-state index is 14.2. The lowest BCUT2D eigenvalue weighted by Crippen LogP contribution is -2.31. The zero-order valence-electron chi connectivity index (χ0n) is 39.5. The molecule has 0 spiro atoms. The van der Waals surface area contributed by atoms with Gasteiger partial charge >= 0.3 is 0 Å². The van der Waals surface area contributed by atoms with Crippen molar-refractivity contribution >= 4 is 39.6 Å². The first kappa shape index (κ1) is 45.5. The van der Waals surface area contributed by atoms with Crippen LogP contribution in [0.2, 0.25) is 0 Å². The Morgan fingerprint density at radius 2 is 1.15 bits per heavy atom. The number of halogens is 2. The largest absolute Gasteiger partial charge is 0.381 e. The summed E-state index contributed by atoms with van der Waals surface area (Å²) in [4.78, 5) is 36.7. The third-order valence-corrected chi connectivity index (χ3v) is 14.8. The van der Waals surface area contributed by atoms with Crippen molar-refractivity contribution in [3.8, 4) is 22.3 Å². The number of amides is 2. The molecule has 7 aromatic rings. The number of hydrogen-bond acceptors (Lipinski definition) is 10. The number of anilines is 1. The van der Waals surface area contributed by atoms with E-state index in [1.165, 1.54) is 6.07 Å². The topological polar surface area (TPSA) is 156 Å². The van der Waals surface area contributed by atoms with E-state index in [4.69, 9.17) is 28.5 Å². The number of nitrogens with one attached hydrogen (secondary N) is 1. The molecule has 356 valence electrons. The highest BCUT2D eigenvalue weighted by Gasteiger charge is 2.39. The van der Waals surface area contributed by atoms with Gasteiger partial charge < -0.3 is 37.9 Å². The number of benzene rings is 3. The summed E-state index contributed by atoms with van der Waals surface area (Å²) < 4.78 is 54.5. The van der Waals surface area contributed by atoms with Gasteiger partial charge in [-0.1, -0.05) is 22.4 Å². The quantitative estimate of drug-likeness (QED) is 0.148. The van der Waals surface area contributed by atoms with Gasteiger partial charge in [-0.05, 0) is 139 Å². The van der Waals surface area contributed by atoms with Crippen molar-refractivity contribution < 1.29 is 36.9 Å². The van der Waals surface area contributed by atoms with Gasteiger partial charge in [0.05, 0.1) is 57.7 Å². The average Bonchev–Trinajstić information content (AvgIpc) is 4.22. The summed E-state index contributed by atoms with van der Waals surface area (Å²) in [6.45, 7) is 7.70. The molecule has 2 aliphatic carbocycles. The molecule has 11 rings (SSSR count). The maximum atomic E-state index is 14.2.